The first kappa shape index (κ1) is 16.2. The zero-order valence-corrected chi connectivity index (χ0v) is 13.8. The minimum absolute atomic E-state index is 0.0226. The van der Waals surface area contributed by atoms with E-state index in [1.807, 2.05) is 36.1 Å². The fourth-order valence-corrected chi connectivity index (χ4v) is 3.37. The van der Waals surface area contributed by atoms with E-state index < -0.39 is 0 Å². The number of hydrogen-bond acceptors (Lipinski definition) is 3. The molecule has 2 fully saturated rings. The highest BCUT2D eigenvalue weighted by atomic mass is 16.2. The van der Waals surface area contributed by atoms with Gasteiger partial charge in [-0.05, 0) is 38.5 Å². The monoisotopic (exact) mass is 314 g/mol. The summed E-state index contributed by atoms with van der Waals surface area (Å²) in [5.41, 5.74) is 8.00. The zero-order chi connectivity index (χ0) is 16.4. The summed E-state index contributed by atoms with van der Waals surface area (Å²) in [5.74, 6) is 0.968. The summed E-state index contributed by atoms with van der Waals surface area (Å²) in [6.45, 7) is 3.38. The molecule has 0 aromatic heterocycles. The van der Waals surface area contributed by atoms with E-state index in [9.17, 15) is 9.59 Å². The Morgan fingerprint density at radius 3 is 2.30 bits per heavy atom. The fraction of sp³-hybridized carbons (Fsp3) is 0.579. The van der Waals surface area contributed by atoms with Crippen LogP contribution in [-0.2, 0) is 4.79 Å². The molecule has 2 aliphatic rings. The molecule has 0 bridgehead atoms. The van der Waals surface area contributed by atoms with Gasteiger partial charge in [-0.25, -0.2) is 0 Å². The molecule has 1 aromatic rings. The predicted octanol–water partition coefficient (Wildman–Crippen LogP) is 2.54. The van der Waals surface area contributed by atoms with Gasteiger partial charge in [-0.15, -0.1) is 0 Å². The number of likely N-dealkylation sites (tertiary alicyclic amines) is 1. The van der Waals surface area contributed by atoms with Gasteiger partial charge < -0.3 is 10.6 Å². The summed E-state index contributed by atoms with van der Waals surface area (Å²) in [5, 5.41) is 0. The maximum atomic E-state index is 12.5. The Hall–Kier alpha value is -1.68. The highest BCUT2D eigenvalue weighted by Crippen LogP contribution is 2.33. The maximum absolute atomic E-state index is 12.5. The number of rotatable bonds is 5. The zero-order valence-electron chi connectivity index (χ0n) is 13.8. The lowest BCUT2D eigenvalue weighted by Crippen LogP contribution is -2.42. The van der Waals surface area contributed by atoms with Crippen LogP contribution in [0.15, 0.2) is 24.3 Å². The van der Waals surface area contributed by atoms with E-state index in [1.54, 1.807) is 0 Å². The highest BCUT2D eigenvalue weighted by molar-refractivity contribution is 5.98. The second-order valence-corrected chi connectivity index (χ2v) is 7.09. The van der Waals surface area contributed by atoms with E-state index in [0.717, 1.165) is 24.0 Å². The quantitative estimate of drug-likeness (QED) is 0.850. The van der Waals surface area contributed by atoms with E-state index >= 15 is 0 Å². The second kappa shape index (κ2) is 6.83. The van der Waals surface area contributed by atoms with E-state index in [2.05, 4.69) is 0 Å². The Labute approximate surface area is 138 Å². The second-order valence-electron chi connectivity index (χ2n) is 7.09. The number of nitrogens with two attached hydrogens (primary N) is 1. The van der Waals surface area contributed by atoms with Gasteiger partial charge in [-0.2, -0.15) is 0 Å². The Balaban J connectivity index is 1.50. The summed E-state index contributed by atoms with van der Waals surface area (Å²) < 4.78 is 0. The topological polar surface area (TPSA) is 63.4 Å². The number of carbonyl (C=O) groups excluding carboxylic acids is 2. The first-order chi connectivity index (χ1) is 11.0. The molecule has 1 amide bonds. The number of carbonyl (C=O) groups is 2. The molecular formula is C19H26N2O2. The van der Waals surface area contributed by atoms with Crippen LogP contribution in [0.3, 0.4) is 0 Å². The van der Waals surface area contributed by atoms with Crippen molar-refractivity contribution in [1.82, 2.24) is 4.90 Å². The summed E-state index contributed by atoms with van der Waals surface area (Å²) in [6.07, 6.45) is 4.32. The third kappa shape index (κ3) is 3.99. The van der Waals surface area contributed by atoms with Crippen molar-refractivity contribution in [3.63, 3.8) is 0 Å². The van der Waals surface area contributed by atoms with Crippen LogP contribution in [0.4, 0.5) is 0 Å². The molecule has 4 nitrogen and oxygen atoms in total. The van der Waals surface area contributed by atoms with Crippen molar-refractivity contribution in [2.75, 3.05) is 13.1 Å². The lowest BCUT2D eigenvalue weighted by Gasteiger charge is -2.32. The lowest BCUT2D eigenvalue weighted by molar-refractivity contribution is -0.132. The molecule has 1 atom stereocenters. The van der Waals surface area contributed by atoms with Crippen LogP contribution < -0.4 is 5.73 Å². The molecule has 0 radical (unpaired) electrons. The normalized spacial score (nSPS) is 20.3. The molecule has 1 unspecified atom stereocenters. The van der Waals surface area contributed by atoms with Crippen LogP contribution >= 0.6 is 0 Å². The SMILES string of the molecule is Cc1ccc(C(=O)C2CCN(C(=O)CC(N)C3CC3)CC2)cc1. The predicted molar refractivity (Wildman–Crippen MR) is 90.1 cm³/mol. The van der Waals surface area contributed by atoms with Gasteiger partial charge in [0.2, 0.25) is 5.91 Å². The summed E-state index contributed by atoms with van der Waals surface area (Å²) in [7, 11) is 0. The van der Waals surface area contributed by atoms with Gasteiger partial charge in [0.25, 0.3) is 0 Å². The first-order valence-electron chi connectivity index (χ1n) is 8.69. The van der Waals surface area contributed by atoms with Crippen molar-refractivity contribution in [1.29, 1.82) is 0 Å². The molecule has 0 spiro atoms. The summed E-state index contributed by atoms with van der Waals surface area (Å²) in [4.78, 5) is 26.7. The average molecular weight is 314 g/mol. The average Bonchev–Trinajstić information content (AvgIpc) is 3.40. The van der Waals surface area contributed by atoms with Crippen LogP contribution in [0.1, 0.15) is 48.0 Å². The molecule has 23 heavy (non-hydrogen) atoms. The molecule has 1 aliphatic heterocycles. The number of nitrogens with zero attached hydrogens (tertiary/aromatic N) is 1. The Kier molecular flexibility index (Phi) is 4.81. The number of aryl methyl sites for hydroxylation is 1. The molecule has 1 saturated heterocycles. The third-order valence-electron chi connectivity index (χ3n) is 5.19. The smallest absolute Gasteiger partial charge is 0.224 e. The van der Waals surface area contributed by atoms with Gasteiger partial charge in [0.15, 0.2) is 5.78 Å². The Bertz CT molecular complexity index is 570. The minimum Gasteiger partial charge on any atom is -0.343 e. The van der Waals surface area contributed by atoms with Gasteiger partial charge >= 0.3 is 0 Å². The van der Waals surface area contributed by atoms with Crippen molar-refractivity contribution in [3.8, 4) is 0 Å². The molecule has 1 saturated carbocycles. The summed E-state index contributed by atoms with van der Waals surface area (Å²) >= 11 is 0. The molecule has 1 aliphatic carbocycles. The van der Waals surface area contributed by atoms with Crippen molar-refractivity contribution >= 4 is 11.7 Å². The largest absolute Gasteiger partial charge is 0.343 e. The fourth-order valence-electron chi connectivity index (χ4n) is 3.37. The molecule has 4 heteroatoms. The third-order valence-corrected chi connectivity index (χ3v) is 5.19. The highest BCUT2D eigenvalue weighted by Gasteiger charge is 2.33. The molecule has 1 heterocycles. The number of ketones is 1. The standard InChI is InChI=1S/C19H26N2O2/c1-13-2-4-15(5-3-13)19(23)16-8-10-21(11-9-16)18(22)12-17(20)14-6-7-14/h2-5,14,16-17H,6-12,20H2,1H3. The number of benzene rings is 1. The number of hydrogen-bond donors (Lipinski definition) is 1. The van der Waals surface area contributed by atoms with Crippen LogP contribution in [0.25, 0.3) is 0 Å². The van der Waals surface area contributed by atoms with Crippen molar-refractivity contribution in [2.24, 2.45) is 17.6 Å². The molecule has 1 aromatic carbocycles. The van der Waals surface area contributed by atoms with Crippen molar-refractivity contribution in [2.45, 2.75) is 45.1 Å². The van der Waals surface area contributed by atoms with Gasteiger partial charge in [-0.3, -0.25) is 9.59 Å². The molecule has 3 rings (SSSR count). The first-order valence-corrected chi connectivity index (χ1v) is 8.69. The van der Waals surface area contributed by atoms with Crippen LogP contribution in [0.2, 0.25) is 0 Å². The summed E-state index contributed by atoms with van der Waals surface area (Å²) in [6, 6.07) is 7.79. The Morgan fingerprint density at radius 1 is 1.13 bits per heavy atom. The van der Waals surface area contributed by atoms with E-state index in [-0.39, 0.29) is 23.7 Å². The molecule has 124 valence electrons. The number of amides is 1. The van der Waals surface area contributed by atoms with E-state index in [0.29, 0.717) is 25.4 Å². The maximum Gasteiger partial charge on any atom is 0.224 e. The van der Waals surface area contributed by atoms with Crippen LogP contribution in [-0.4, -0.2) is 35.7 Å². The van der Waals surface area contributed by atoms with E-state index in [4.69, 9.17) is 5.73 Å². The van der Waals surface area contributed by atoms with Crippen molar-refractivity contribution in [3.05, 3.63) is 35.4 Å². The van der Waals surface area contributed by atoms with Gasteiger partial charge in [0.1, 0.15) is 0 Å². The minimum atomic E-state index is 0.0226. The van der Waals surface area contributed by atoms with E-state index in [1.165, 1.54) is 12.8 Å². The van der Waals surface area contributed by atoms with Gasteiger partial charge in [0, 0.05) is 37.0 Å². The number of Topliss-reactive ketones (excluding diaryl/α,β-unsaturated/α-hetero) is 1. The van der Waals surface area contributed by atoms with Crippen molar-refractivity contribution < 1.29 is 9.59 Å². The van der Waals surface area contributed by atoms with Crippen LogP contribution in [0, 0.1) is 18.8 Å². The number of piperidine rings is 1. The van der Waals surface area contributed by atoms with Gasteiger partial charge in [-0.1, -0.05) is 29.8 Å². The van der Waals surface area contributed by atoms with Gasteiger partial charge in [0.05, 0.1) is 0 Å². The van der Waals surface area contributed by atoms with Crippen LogP contribution in [0.5, 0.6) is 0 Å². The lowest BCUT2D eigenvalue weighted by atomic mass is 9.88. The molecule has 2 N–H and O–H groups in total. The molecular weight excluding hydrogens is 288 g/mol. The Morgan fingerprint density at radius 2 is 1.74 bits per heavy atom.